The molecule has 1 rings (SSSR count). The summed E-state index contributed by atoms with van der Waals surface area (Å²) in [4.78, 5) is 4.33. The molecule has 5 heteroatoms. The van der Waals surface area contributed by atoms with Gasteiger partial charge in [-0.25, -0.2) is 0 Å². The lowest BCUT2D eigenvalue weighted by Crippen LogP contribution is -2.28. The molecule has 1 aromatic rings. The summed E-state index contributed by atoms with van der Waals surface area (Å²) in [5, 5.41) is 0. The molecule has 0 aromatic carbocycles. The fraction of sp³-hybridized carbons (Fsp3) is 0.300. The van der Waals surface area contributed by atoms with E-state index in [4.69, 9.17) is 5.84 Å². The minimum atomic E-state index is 0.0467. The number of pyridine rings is 1. The summed E-state index contributed by atoms with van der Waals surface area (Å²) in [7, 11) is 0. The molecule has 1 heterocycles. The fourth-order valence-corrected chi connectivity index (χ4v) is 2.53. The Bertz CT molecular complexity index is 341. The van der Waals surface area contributed by atoms with E-state index in [2.05, 4.69) is 48.8 Å². The van der Waals surface area contributed by atoms with E-state index in [0.29, 0.717) is 0 Å². The van der Waals surface area contributed by atoms with E-state index >= 15 is 0 Å². The van der Waals surface area contributed by atoms with Crippen LogP contribution in [0.3, 0.4) is 0 Å². The maximum Gasteiger partial charge on any atom is 0.0729 e. The molecule has 1 aromatic heterocycles. The Kier molecular flexibility index (Phi) is 5.45. The van der Waals surface area contributed by atoms with Crippen molar-refractivity contribution in [3.8, 4) is 0 Å². The van der Waals surface area contributed by atoms with Gasteiger partial charge in [0.1, 0.15) is 0 Å². The predicted molar refractivity (Wildman–Crippen MR) is 69.1 cm³/mol. The third-order valence-corrected chi connectivity index (χ3v) is 3.10. The Morgan fingerprint density at radius 2 is 2.33 bits per heavy atom. The van der Waals surface area contributed by atoms with Crippen LogP contribution in [0.25, 0.3) is 0 Å². The van der Waals surface area contributed by atoms with Gasteiger partial charge in [0.05, 0.1) is 11.7 Å². The van der Waals surface area contributed by atoms with Crippen molar-refractivity contribution in [1.29, 1.82) is 0 Å². The Balaban J connectivity index is 2.86. The van der Waals surface area contributed by atoms with Gasteiger partial charge in [-0.05, 0) is 50.8 Å². The first-order chi connectivity index (χ1) is 7.19. The highest BCUT2D eigenvalue weighted by atomic mass is 79.9. The van der Waals surface area contributed by atoms with Gasteiger partial charge >= 0.3 is 0 Å². The molecule has 0 aliphatic rings. The molecule has 3 nitrogen and oxygen atoms in total. The van der Waals surface area contributed by atoms with Crippen LogP contribution in [0.2, 0.25) is 0 Å². The zero-order chi connectivity index (χ0) is 11.3. The lowest BCUT2D eigenvalue weighted by atomic mass is 10.1. The van der Waals surface area contributed by atoms with E-state index in [1.807, 2.05) is 12.1 Å². The third-order valence-electron chi connectivity index (χ3n) is 2.03. The number of allylic oxidation sites excluding steroid dienone is 1. The summed E-state index contributed by atoms with van der Waals surface area (Å²) < 4.78 is 1.89. The first kappa shape index (κ1) is 12.8. The minimum absolute atomic E-state index is 0.0467. The van der Waals surface area contributed by atoms with Crippen LogP contribution in [0.4, 0.5) is 0 Å². The van der Waals surface area contributed by atoms with Crippen LogP contribution in [0, 0.1) is 0 Å². The van der Waals surface area contributed by atoms with E-state index in [0.717, 1.165) is 27.5 Å². The second-order valence-electron chi connectivity index (χ2n) is 3.11. The average molecular weight is 335 g/mol. The van der Waals surface area contributed by atoms with Crippen LogP contribution in [-0.2, 0) is 0 Å². The largest absolute Gasteiger partial charge is 0.271 e. The summed E-state index contributed by atoms with van der Waals surface area (Å²) >= 11 is 6.83. The molecular formula is C10H13Br2N3. The van der Waals surface area contributed by atoms with Crippen molar-refractivity contribution in [2.24, 2.45) is 5.84 Å². The SMILES string of the molecule is C=CCCC(NN)c1ncc(Br)cc1Br. The number of nitrogens with one attached hydrogen (secondary N) is 1. The van der Waals surface area contributed by atoms with E-state index in [9.17, 15) is 0 Å². The molecule has 0 saturated heterocycles. The van der Waals surface area contributed by atoms with Crippen LogP contribution >= 0.6 is 31.9 Å². The molecule has 15 heavy (non-hydrogen) atoms. The Labute approximate surface area is 106 Å². The van der Waals surface area contributed by atoms with Crippen molar-refractivity contribution in [1.82, 2.24) is 10.4 Å². The molecule has 0 radical (unpaired) electrons. The van der Waals surface area contributed by atoms with E-state index in [-0.39, 0.29) is 6.04 Å². The molecule has 0 amide bonds. The van der Waals surface area contributed by atoms with Gasteiger partial charge in [0.15, 0.2) is 0 Å². The highest BCUT2D eigenvalue weighted by Gasteiger charge is 2.13. The van der Waals surface area contributed by atoms with Gasteiger partial charge in [0.25, 0.3) is 0 Å². The first-order valence-electron chi connectivity index (χ1n) is 4.57. The summed E-state index contributed by atoms with van der Waals surface area (Å²) in [5.74, 6) is 5.50. The van der Waals surface area contributed by atoms with Crippen LogP contribution in [0.1, 0.15) is 24.6 Å². The Hall–Kier alpha value is -0.230. The summed E-state index contributed by atoms with van der Waals surface area (Å²) in [5.41, 5.74) is 3.68. The zero-order valence-electron chi connectivity index (χ0n) is 8.21. The number of aromatic nitrogens is 1. The third kappa shape index (κ3) is 3.68. The molecule has 3 N–H and O–H groups in total. The van der Waals surface area contributed by atoms with Crippen molar-refractivity contribution in [2.45, 2.75) is 18.9 Å². The van der Waals surface area contributed by atoms with Crippen LogP contribution in [0.15, 0.2) is 33.9 Å². The van der Waals surface area contributed by atoms with Gasteiger partial charge in [-0.1, -0.05) is 6.08 Å². The number of nitrogens with two attached hydrogens (primary N) is 1. The van der Waals surface area contributed by atoms with E-state index < -0.39 is 0 Å². The number of nitrogens with zero attached hydrogens (tertiary/aromatic N) is 1. The summed E-state index contributed by atoms with van der Waals surface area (Å²) in [6.45, 7) is 3.69. The van der Waals surface area contributed by atoms with Crippen LogP contribution < -0.4 is 11.3 Å². The number of hydrogen-bond acceptors (Lipinski definition) is 3. The molecule has 1 atom stereocenters. The van der Waals surface area contributed by atoms with E-state index in [1.54, 1.807) is 6.20 Å². The predicted octanol–water partition coefficient (Wildman–Crippen LogP) is 3.08. The summed E-state index contributed by atoms with van der Waals surface area (Å²) in [6.07, 6.45) is 5.42. The quantitative estimate of drug-likeness (QED) is 0.494. The number of hydrogen-bond donors (Lipinski definition) is 2. The molecule has 0 fully saturated rings. The molecule has 0 aliphatic carbocycles. The molecule has 1 unspecified atom stereocenters. The number of halogens is 2. The lowest BCUT2D eigenvalue weighted by Gasteiger charge is -2.15. The highest BCUT2D eigenvalue weighted by molar-refractivity contribution is 9.11. The molecular weight excluding hydrogens is 322 g/mol. The maximum atomic E-state index is 5.50. The fourth-order valence-electron chi connectivity index (χ4n) is 1.27. The second kappa shape index (κ2) is 6.37. The van der Waals surface area contributed by atoms with Crippen molar-refractivity contribution in [2.75, 3.05) is 0 Å². The number of rotatable bonds is 5. The lowest BCUT2D eigenvalue weighted by molar-refractivity contribution is 0.506. The van der Waals surface area contributed by atoms with Crippen molar-refractivity contribution >= 4 is 31.9 Å². The highest BCUT2D eigenvalue weighted by Crippen LogP contribution is 2.26. The van der Waals surface area contributed by atoms with Gasteiger partial charge in [0, 0.05) is 15.1 Å². The number of hydrazine groups is 1. The van der Waals surface area contributed by atoms with Crippen molar-refractivity contribution < 1.29 is 0 Å². The Morgan fingerprint density at radius 3 is 2.87 bits per heavy atom. The van der Waals surface area contributed by atoms with Crippen molar-refractivity contribution in [3.05, 3.63) is 39.6 Å². The smallest absolute Gasteiger partial charge is 0.0729 e. The van der Waals surface area contributed by atoms with Crippen molar-refractivity contribution in [3.63, 3.8) is 0 Å². The summed E-state index contributed by atoms with van der Waals surface area (Å²) in [6, 6.07) is 2.01. The second-order valence-corrected chi connectivity index (χ2v) is 4.88. The molecule has 82 valence electrons. The maximum absolute atomic E-state index is 5.50. The standard InChI is InChI=1S/C10H13Br2N3/c1-2-3-4-9(15-13)10-8(12)5-7(11)6-14-10/h2,5-6,9,15H,1,3-4,13H2. The zero-order valence-corrected chi connectivity index (χ0v) is 11.4. The van der Waals surface area contributed by atoms with Gasteiger partial charge < -0.3 is 0 Å². The normalized spacial score (nSPS) is 12.5. The minimum Gasteiger partial charge on any atom is -0.271 e. The van der Waals surface area contributed by atoms with Crippen LogP contribution in [-0.4, -0.2) is 4.98 Å². The average Bonchev–Trinajstić information content (AvgIpc) is 2.21. The van der Waals surface area contributed by atoms with Gasteiger partial charge in [-0.3, -0.25) is 16.3 Å². The van der Waals surface area contributed by atoms with E-state index in [1.165, 1.54) is 0 Å². The van der Waals surface area contributed by atoms with Gasteiger partial charge in [-0.15, -0.1) is 6.58 Å². The van der Waals surface area contributed by atoms with Gasteiger partial charge in [-0.2, -0.15) is 0 Å². The first-order valence-corrected chi connectivity index (χ1v) is 6.15. The molecule has 0 bridgehead atoms. The monoisotopic (exact) mass is 333 g/mol. The molecule has 0 spiro atoms. The Morgan fingerprint density at radius 1 is 1.60 bits per heavy atom. The topological polar surface area (TPSA) is 50.9 Å². The van der Waals surface area contributed by atoms with Gasteiger partial charge in [0.2, 0.25) is 0 Å². The van der Waals surface area contributed by atoms with Crippen LogP contribution in [0.5, 0.6) is 0 Å². The molecule has 0 saturated carbocycles. The molecule has 0 aliphatic heterocycles.